The number of methoxy groups -OCH3 is 1. The van der Waals surface area contributed by atoms with Gasteiger partial charge in [-0.1, -0.05) is 12.1 Å². The third-order valence-electron chi connectivity index (χ3n) is 4.67. The maximum atomic E-state index is 14.0. The lowest BCUT2D eigenvalue weighted by atomic mass is 10.1. The molecule has 27 heavy (non-hydrogen) atoms. The first-order valence-corrected chi connectivity index (χ1v) is 8.70. The van der Waals surface area contributed by atoms with E-state index in [1.165, 1.54) is 15.9 Å². The van der Waals surface area contributed by atoms with Gasteiger partial charge in [-0.25, -0.2) is 9.37 Å². The number of amides is 2. The predicted molar refractivity (Wildman–Crippen MR) is 95.1 cm³/mol. The standard InChI is InChI=1S/C19H22FN3O4/c1-12-19(25)22(8-9-26-3)11-17(24)23(12)10-16-13(2)27-18(21-16)14-6-4-5-7-15(14)20/h4-7,12H,8-11H2,1-3H3/t12-/m0/s1. The first kappa shape index (κ1) is 19.0. The van der Waals surface area contributed by atoms with E-state index in [9.17, 15) is 14.0 Å². The molecule has 1 aliphatic heterocycles. The number of piperazine rings is 1. The Morgan fingerprint density at radius 2 is 2.07 bits per heavy atom. The molecule has 2 aromatic rings. The van der Waals surface area contributed by atoms with Gasteiger partial charge in [0.25, 0.3) is 0 Å². The molecule has 144 valence electrons. The van der Waals surface area contributed by atoms with Crippen LogP contribution in [0, 0.1) is 12.7 Å². The summed E-state index contributed by atoms with van der Waals surface area (Å²) in [5.74, 6) is -0.0971. The zero-order valence-electron chi connectivity index (χ0n) is 15.6. The molecule has 7 nitrogen and oxygen atoms in total. The fourth-order valence-corrected chi connectivity index (χ4v) is 3.05. The average molecular weight is 375 g/mol. The van der Waals surface area contributed by atoms with E-state index < -0.39 is 11.9 Å². The second-order valence-electron chi connectivity index (χ2n) is 6.45. The molecular weight excluding hydrogens is 353 g/mol. The number of carbonyl (C=O) groups is 2. The van der Waals surface area contributed by atoms with Crippen LogP contribution >= 0.6 is 0 Å². The summed E-state index contributed by atoms with van der Waals surface area (Å²) in [5, 5.41) is 0. The molecule has 0 saturated carbocycles. The summed E-state index contributed by atoms with van der Waals surface area (Å²) in [7, 11) is 1.55. The van der Waals surface area contributed by atoms with Crippen molar-refractivity contribution in [1.29, 1.82) is 0 Å². The molecule has 0 N–H and O–H groups in total. The molecule has 2 heterocycles. The Bertz CT molecular complexity index is 851. The van der Waals surface area contributed by atoms with Gasteiger partial charge in [0.1, 0.15) is 23.3 Å². The number of halogens is 1. The zero-order chi connectivity index (χ0) is 19.6. The number of ether oxygens (including phenoxy) is 1. The van der Waals surface area contributed by atoms with E-state index in [4.69, 9.17) is 9.15 Å². The highest BCUT2D eigenvalue weighted by Crippen LogP contribution is 2.26. The molecular formula is C19H22FN3O4. The fourth-order valence-electron chi connectivity index (χ4n) is 3.05. The Labute approximate surface area is 156 Å². The Hall–Kier alpha value is -2.74. The molecule has 0 unspecified atom stereocenters. The lowest BCUT2D eigenvalue weighted by Crippen LogP contribution is -2.58. The lowest BCUT2D eigenvalue weighted by Gasteiger charge is -2.38. The second kappa shape index (κ2) is 7.87. The maximum absolute atomic E-state index is 14.0. The maximum Gasteiger partial charge on any atom is 0.245 e. The van der Waals surface area contributed by atoms with Crippen LogP contribution in [-0.2, 0) is 20.9 Å². The van der Waals surface area contributed by atoms with Gasteiger partial charge in [-0.05, 0) is 26.0 Å². The van der Waals surface area contributed by atoms with Crippen LogP contribution in [-0.4, -0.2) is 59.4 Å². The molecule has 0 bridgehead atoms. The van der Waals surface area contributed by atoms with Gasteiger partial charge in [0, 0.05) is 13.7 Å². The van der Waals surface area contributed by atoms with E-state index in [1.54, 1.807) is 39.2 Å². The fraction of sp³-hybridized carbons (Fsp3) is 0.421. The molecule has 1 aromatic heterocycles. The highest BCUT2D eigenvalue weighted by atomic mass is 19.1. The lowest BCUT2D eigenvalue weighted by molar-refractivity contribution is -0.156. The van der Waals surface area contributed by atoms with E-state index >= 15 is 0 Å². The number of hydrogen-bond acceptors (Lipinski definition) is 5. The van der Waals surface area contributed by atoms with Crippen LogP contribution in [0.25, 0.3) is 11.5 Å². The first-order chi connectivity index (χ1) is 12.9. The predicted octanol–water partition coefficient (Wildman–Crippen LogP) is 1.99. The largest absolute Gasteiger partial charge is 0.441 e. The quantitative estimate of drug-likeness (QED) is 0.772. The Balaban J connectivity index is 1.78. The van der Waals surface area contributed by atoms with Crippen molar-refractivity contribution in [3.63, 3.8) is 0 Å². The summed E-state index contributed by atoms with van der Waals surface area (Å²) in [6.45, 7) is 4.28. The smallest absolute Gasteiger partial charge is 0.245 e. The van der Waals surface area contributed by atoms with E-state index in [0.717, 1.165) is 0 Å². The topological polar surface area (TPSA) is 75.9 Å². The molecule has 1 aliphatic rings. The van der Waals surface area contributed by atoms with Gasteiger partial charge in [0.15, 0.2) is 0 Å². The van der Waals surface area contributed by atoms with Gasteiger partial charge >= 0.3 is 0 Å². The molecule has 0 radical (unpaired) electrons. The minimum absolute atomic E-state index is 0.00357. The third kappa shape index (κ3) is 3.85. The summed E-state index contributed by atoms with van der Waals surface area (Å²) >= 11 is 0. The monoisotopic (exact) mass is 375 g/mol. The first-order valence-electron chi connectivity index (χ1n) is 8.70. The van der Waals surface area contributed by atoms with Crippen molar-refractivity contribution >= 4 is 11.8 Å². The number of benzene rings is 1. The number of rotatable bonds is 6. The van der Waals surface area contributed by atoms with Crippen LogP contribution in [0.1, 0.15) is 18.4 Å². The summed E-state index contributed by atoms with van der Waals surface area (Å²) in [4.78, 5) is 32.4. The van der Waals surface area contributed by atoms with Crippen molar-refractivity contribution in [3.8, 4) is 11.5 Å². The second-order valence-corrected chi connectivity index (χ2v) is 6.45. The molecule has 1 fully saturated rings. The van der Waals surface area contributed by atoms with Crippen LogP contribution in [0.4, 0.5) is 4.39 Å². The SMILES string of the molecule is COCCN1CC(=O)N(Cc2nc(-c3ccccc3F)oc2C)[C@@H](C)C1=O. The molecule has 2 amide bonds. The molecule has 8 heteroatoms. The minimum Gasteiger partial charge on any atom is -0.441 e. The number of oxazole rings is 1. The number of aromatic nitrogens is 1. The minimum atomic E-state index is -0.615. The molecule has 1 atom stereocenters. The van der Waals surface area contributed by atoms with Gasteiger partial charge in [-0.15, -0.1) is 0 Å². The van der Waals surface area contributed by atoms with Crippen LogP contribution in [0.5, 0.6) is 0 Å². The number of carbonyl (C=O) groups excluding carboxylic acids is 2. The van der Waals surface area contributed by atoms with Gasteiger partial charge in [0.05, 0.1) is 25.3 Å². The van der Waals surface area contributed by atoms with Crippen molar-refractivity contribution in [2.75, 3.05) is 26.8 Å². The van der Waals surface area contributed by atoms with Crippen molar-refractivity contribution in [2.45, 2.75) is 26.4 Å². The van der Waals surface area contributed by atoms with E-state index in [-0.39, 0.29) is 36.4 Å². The van der Waals surface area contributed by atoms with Crippen molar-refractivity contribution in [1.82, 2.24) is 14.8 Å². The van der Waals surface area contributed by atoms with Crippen LogP contribution in [0.2, 0.25) is 0 Å². The Morgan fingerprint density at radius 1 is 1.33 bits per heavy atom. The van der Waals surface area contributed by atoms with Gasteiger partial charge < -0.3 is 19.0 Å². The number of aryl methyl sites for hydroxylation is 1. The number of nitrogens with zero attached hydrogens (tertiary/aromatic N) is 3. The molecule has 1 saturated heterocycles. The van der Waals surface area contributed by atoms with Gasteiger partial charge in [0.2, 0.25) is 17.7 Å². The van der Waals surface area contributed by atoms with Gasteiger partial charge in [-0.2, -0.15) is 0 Å². The van der Waals surface area contributed by atoms with Crippen molar-refractivity contribution < 1.29 is 23.1 Å². The highest BCUT2D eigenvalue weighted by molar-refractivity contribution is 5.94. The van der Waals surface area contributed by atoms with E-state index in [0.29, 0.717) is 24.6 Å². The van der Waals surface area contributed by atoms with Crippen LogP contribution in [0.15, 0.2) is 28.7 Å². The van der Waals surface area contributed by atoms with Gasteiger partial charge in [-0.3, -0.25) is 9.59 Å². The summed E-state index contributed by atoms with van der Waals surface area (Å²) in [5.41, 5.74) is 0.762. The molecule has 0 aliphatic carbocycles. The molecule has 3 rings (SSSR count). The average Bonchev–Trinajstić information content (AvgIpc) is 3.01. The third-order valence-corrected chi connectivity index (χ3v) is 4.67. The summed E-state index contributed by atoms with van der Waals surface area (Å²) in [6, 6.07) is 5.58. The van der Waals surface area contributed by atoms with Crippen LogP contribution in [0.3, 0.4) is 0 Å². The molecule has 0 spiro atoms. The van der Waals surface area contributed by atoms with E-state index in [1.807, 2.05) is 0 Å². The van der Waals surface area contributed by atoms with Crippen LogP contribution < -0.4 is 0 Å². The summed E-state index contributed by atoms with van der Waals surface area (Å²) < 4.78 is 24.5. The Morgan fingerprint density at radius 3 is 2.78 bits per heavy atom. The normalized spacial score (nSPS) is 17.7. The zero-order valence-corrected chi connectivity index (χ0v) is 15.6. The number of hydrogen-bond donors (Lipinski definition) is 0. The highest BCUT2D eigenvalue weighted by Gasteiger charge is 2.37. The van der Waals surface area contributed by atoms with Crippen molar-refractivity contribution in [3.05, 3.63) is 41.5 Å². The van der Waals surface area contributed by atoms with Crippen molar-refractivity contribution in [2.24, 2.45) is 0 Å². The Kier molecular flexibility index (Phi) is 5.55. The molecule has 1 aromatic carbocycles. The van der Waals surface area contributed by atoms with E-state index in [2.05, 4.69) is 4.98 Å². The summed E-state index contributed by atoms with van der Waals surface area (Å²) in [6.07, 6.45) is 0.